The van der Waals surface area contributed by atoms with Crippen LogP contribution >= 0.6 is 23.2 Å². The van der Waals surface area contributed by atoms with Crippen molar-refractivity contribution in [1.82, 2.24) is 9.88 Å². The van der Waals surface area contributed by atoms with E-state index < -0.39 is 17.4 Å². The predicted molar refractivity (Wildman–Crippen MR) is 94.0 cm³/mol. The number of fused-ring (bicyclic) bond motifs is 1. The Balaban J connectivity index is 2.23. The molecule has 1 aromatic carbocycles. The largest absolute Gasteiger partial charge is 0.489 e. The van der Waals surface area contributed by atoms with Gasteiger partial charge in [0.05, 0.1) is 33.0 Å². The Kier molecular flexibility index (Phi) is 4.22. The number of imide groups is 1. The van der Waals surface area contributed by atoms with Crippen LogP contribution in [0.5, 0.6) is 5.75 Å². The number of carbonyl (C=O) groups is 2. The summed E-state index contributed by atoms with van der Waals surface area (Å²) in [5.74, 6) is -1.18. The SMILES string of the molecule is CC(C)Oc1cc(Cl)c(-n2c(N)c3c(cc2=O)C(=O)NC3=O)cc1Cl. The average molecular weight is 382 g/mol. The monoisotopic (exact) mass is 381 g/mol. The maximum absolute atomic E-state index is 12.4. The molecule has 0 saturated carbocycles. The number of pyridine rings is 1. The Morgan fingerprint density at radius 1 is 1.08 bits per heavy atom. The first-order valence-corrected chi connectivity index (χ1v) is 8.03. The molecule has 3 N–H and O–H groups in total. The quantitative estimate of drug-likeness (QED) is 0.794. The third kappa shape index (κ3) is 2.85. The van der Waals surface area contributed by atoms with Crippen LogP contribution in [0.2, 0.25) is 10.0 Å². The van der Waals surface area contributed by atoms with E-state index >= 15 is 0 Å². The highest BCUT2D eigenvalue weighted by Crippen LogP contribution is 2.35. The Bertz CT molecular complexity index is 982. The Morgan fingerprint density at radius 2 is 1.76 bits per heavy atom. The van der Waals surface area contributed by atoms with Crippen molar-refractivity contribution in [2.75, 3.05) is 5.73 Å². The van der Waals surface area contributed by atoms with Gasteiger partial charge in [-0.2, -0.15) is 0 Å². The lowest BCUT2D eigenvalue weighted by Gasteiger charge is -2.16. The molecule has 7 nitrogen and oxygen atoms in total. The number of halogens is 2. The van der Waals surface area contributed by atoms with E-state index in [-0.39, 0.29) is 38.8 Å². The van der Waals surface area contributed by atoms with Crippen molar-refractivity contribution < 1.29 is 14.3 Å². The molecule has 0 spiro atoms. The lowest BCUT2D eigenvalue weighted by molar-refractivity contribution is 0.0880. The summed E-state index contributed by atoms with van der Waals surface area (Å²) in [6, 6.07) is 3.92. The van der Waals surface area contributed by atoms with Crippen molar-refractivity contribution in [1.29, 1.82) is 0 Å². The molecule has 2 aromatic rings. The number of hydrogen-bond acceptors (Lipinski definition) is 5. The summed E-state index contributed by atoms with van der Waals surface area (Å²) in [5.41, 5.74) is 5.41. The van der Waals surface area contributed by atoms with Crippen LogP contribution in [-0.2, 0) is 0 Å². The van der Waals surface area contributed by atoms with Crippen molar-refractivity contribution in [3.8, 4) is 11.4 Å². The minimum atomic E-state index is -0.673. The summed E-state index contributed by atoms with van der Waals surface area (Å²) in [4.78, 5) is 36.0. The summed E-state index contributed by atoms with van der Waals surface area (Å²) in [6.45, 7) is 3.66. The van der Waals surface area contributed by atoms with Crippen LogP contribution in [0, 0.1) is 0 Å². The lowest BCUT2D eigenvalue weighted by Crippen LogP contribution is -2.24. The first-order valence-electron chi connectivity index (χ1n) is 7.28. The maximum Gasteiger partial charge on any atom is 0.262 e. The van der Waals surface area contributed by atoms with Gasteiger partial charge >= 0.3 is 0 Å². The topological polar surface area (TPSA) is 103 Å². The number of benzene rings is 1. The zero-order valence-electron chi connectivity index (χ0n) is 13.2. The van der Waals surface area contributed by atoms with E-state index in [1.54, 1.807) is 0 Å². The summed E-state index contributed by atoms with van der Waals surface area (Å²) in [6.07, 6.45) is -0.123. The summed E-state index contributed by atoms with van der Waals surface area (Å²) >= 11 is 12.5. The molecule has 1 aliphatic rings. The van der Waals surface area contributed by atoms with E-state index in [1.165, 1.54) is 12.1 Å². The molecule has 1 aliphatic heterocycles. The molecular weight excluding hydrogens is 369 g/mol. The summed E-state index contributed by atoms with van der Waals surface area (Å²) in [7, 11) is 0. The molecule has 1 aromatic heterocycles. The number of carbonyl (C=O) groups excluding carboxylic acids is 2. The number of amides is 2. The fraction of sp³-hybridized carbons (Fsp3) is 0.188. The smallest absolute Gasteiger partial charge is 0.262 e. The second kappa shape index (κ2) is 6.09. The van der Waals surface area contributed by atoms with Crippen LogP contribution < -0.4 is 21.3 Å². The molecule has 130 valence electrons. The number of ether oxygens (including phenoxy) is 1. The van der Waals surface area contributed by atoms with Gasteiger partial charge in [0, 0.05) is 12.1 Å². The molecule has 3 rings (SSSR count). The van der Waals surface area contributed by atoms with Gasteiger partial charge in [0.1, 0.15) is 11.6 Å². The Labute approximate surface area is 152 Å². The molecular formula is C16H13Cl2N3O4. The fourth-order valence-electron chi connectivity index (χ4n) is 2.56. The Morgan fingerprint density at radius 3 is 2.40 bits per heavy atom. The van der Waals surface area contributed by atoms with Crippen molar-refractivity contribution in [2.45, 2.75) is 20.0 Å². The van der Waals surface area contributed by atoms with Crippen LogP contribution in [-0.4, -0.2) is 22.5 Å². The van der Waals surface area contributed by atoms with Crippen LogP contribution in [0.3, 0.4) is 0 Å². The molecule has 9 heteroatoms. The molecule has 2 heterocycles. The van der Waals surface area contributed by atoms with E-state index in [1.807, 2.05) is 13.8 Å². The van der Waals surface area contributed by atoms with Gasteiger partial charge in [-0.25, -0.2) is 0 Å². The number of nitrogens with two attached hydrogens (primary N) is 1. The number of nitrogens with one attached hydrogen (secondary N) is 1. The molecule has 2 amide bonds. The average Bonchev–Trinajstić information content (AvgIpc) is 2.78. The number of anilines is 1. The standard InChI is InChI=1S/C16H13Cl2N3O4/c1-6(2)25-11-5-8(17)10(4-9(11)18)21-12(22)3-7-13(14(21)19)16(24)20-15(7)23/h3-6H,19H2,1-2H3,(H,20,23,24). The minimum Gasteiger partial charge on any atom is -0.489 e. The number of nitrogens with zero attached hydrogens (tertiary/aromatic N) is 1. The lowest BCUT2D eigenvalue weighted by atomic mass is 10.1. The number of aromatic nitrogens is 1. The zero-order chi connectivity index (χ0) is 18.5. The van der Waals surface area contributed by atoms with Crippen molar-refractivity contribution in [2.24, 2.45) is 0 Å². The van der Waals surface area contributed by atoms with E-state index in [2.05, 4.69) is 5.32 Å². The second-order valence-electron chi connectivity index (χ2n) is 5.68. The van der Waals surface area contributed by atoms with E-state index in [4.69, 9.17) is 33.7 Å². The van der Waals surface area contributed by atoms with Crippen molar-refractivity contribution in [3.63, 3.8) is 0 Å². The number of rotatable bonds is 3. The van der Waals surface area contributed by atoms with Gasteiger partial charge in [-0.05, 0) is 19.9 Å². The minimum absolute atomic E-state index is 0.0641. The molecule has 0 saturated heterocycles. The van der Waals surface area contributed by atoms with Gasteiger partial charge in [-0.1, -0.05) is 23.2 Å². The molecule has 0 radical (unpaired) electrons. The van der Waals surface area contributed by atoms with Gasteiger partial charge in [-0.3, -0.25) is 24.3 Å². The van der Waals surface area contributed by atoms with Gasteiger partial charge in [0.25, 0.3) is 17.4 Å². The molecule has 0 atom stereocenters. The van der Waals surface area contributed by atoms with Gasteiger partial charge in [0.2, 0.25) is 0 Å². The first-order chi connectivity index (χ1) is 11.7. The first kappa shape index (κ1) is 17.3. The zero-order valence-corrected chi connectivity index (χ0v) is 14.7. The summed E-state index contributed by atoms with van der Waals surface area (Å²) < 4.78 is 6.57. The van der Waals surface area contributed by atoms with Gasteiger partial charge in [-0.15, -0.1) is 0 Å². The fourth-order valence-corrected chi connectivity index (χ4v) is 3.00. The third-order valence-corrected chi connectivity index (χ3v) is 4.16. The summed E-state index contributed by atoms with van der Waals surface area (Å²) in [5, 5.41) is 2.47. The van der Waals surface area contributed by atoms with Gasteiger partial charge in [0.15, 0.2) is 0 Å². The highest BCUT2D eigenvalue weighted by atomic mass is 35.5. The highest BCUT2D eigenvalue weighted by Gasteiger charge is 2.32. The predicted octanol–water partition coefficient (Wildman–Crippen LogP) is 2.40. The molecule has 25 heavy (non-hydrogen) atoms. The number of nitrogen functional groups attached to an aromatic ring is 1. The van der Waals surface area contributed by atoms with Gasteiger partial charge < -0.3 is 10.5 Å². The molecule has 0 bridgehead atoms. The Hall–Kier alpha value is -2.51. The van der Waals surface area contributed by atoms with Crippen LogP contribution in [0.4, 0.5) is 5.82 Å². The molecule has 0 aliphatic carbocycles. The van der Waals surface area contributed by atoms with E-state index in [9.17, 15) is 14.4 Å². The molecule has 0 fully saturated rings. The highest BCUT2D eigenvalue weighted by molar-refractivity contribution is 6.35. The van der Waals surface area contributed by atoms with Crippen molar-refractivity contribution >= 4 is 40.8 Å². The van der Waals surface area contributed by atoms with Crippen LogP contribution in [0.1, 0.15) is 34.6 Å². The normalized spacial score (nSPS) is 13.2. The second-order valence-corrected chi connectivity index (χ2v) is 6.49. The molecule has 0 unspecified atom stereocenters. The van der Waals surface area contributed by atoms with Crippen molar-refractivity contribution in [3.05, 3.63) is 49.7 Å². The maximum atomic E-state index is 12.4. The van der Waals surface area contributed by atoms with Crippen LogP contribution in [0.15, 0.2) is 23.0 Å². The van der Waals surface area contributed by atoms with E-state index in [0.717, 1.165) is 10.6 Å². The third-order valence-electron chi connectivity index (χ3n) is 3.56. The van der Waals surface area contributed by atoms with Crippen LogP contribution in [0.25, 0.3) is 5.69 Å². The van der Waals surface area contributed by atoms with E-state index in [0.29, 0.717) is 5.75 Å². The number of hydrogen-bond donors (Lipinski definition) is 2.